The molecule has 1 aromatic rings. The second kappa shape index (κ2) is 6.88. The van der Waals surface area contributed by atoms with E-state index in [9.17, 15) is 8.42 Å². The first kappa shape index (κ1) is 16.9. The maximum Gasteiger partial charge on any atom is 0.246 e. The monoisotopic (exact) mass is 342 g/mol. The van der Waals surface area contributed by atoms with Gasteiger partial charge in [-0.2, -0.15) is 9.40 Å². The van der Waals surface area contributed by atoms with E-state index in [-0.39, 0.29) is 6.61 Å². The number of aromatic nitrogens is 2. The van der Waals surface area contributed by atoms with Gasteiger partial charge in [0.15, 0.2) is 0 Å². The fourth-order valence-electron chi connectivity index (χ4n) is 3.55. The van der Waals surface area contributed by atoms with Crippen LogP contribution in [0, 0.1) is 6.92 Å². The molecule has 23 heavy (non-hydrogen) atoms. The van der Waals surface area contributed by atoms with E-state index in [1.54, 1.807) is 17.4 Å². The molecule has 2 heterocycles. The summed E-state index contributed by atoms with van der Waals surface area (Å²) in [6.07, 6.45) is 6.28. The topological polar surface area (TPSA) is 78.7 Å². The van der Waals surface area contributed by atoms with E-state index >= 15 is 0 Å². The Hall–Kier alpha value is -0.960. The smallest absolute Gasteiger partial charge is 0.246 e. The molecule has 1 N–H and O–H groups in total. The average Bonchev–Trinajstić information content (AvgIpc) is 3.17. The van der Waals surface area contributed by atoms with Crippen molar-refractivity contribution in [1.29, 1.82) is 0 Å². The van der Waals surface area contributed by atoms with E-state index in [0.29, 0.717) is 49.4 Å². The molecule has 0 aromatic carbocycles. The molecule has 1 aliphatic carbocycles. The molecular formula is C15H26N4O3S. The zero-order valence-corrected chi connectivity index (χ0v) is 14.5. The third-order valence-corrected chi connectivity index (χ3v) is 6.94. The number of sulfonamides is 1. The lowest BCUT2D eigenvalue weighted by Crippen LogP contribution is -2.49. The van der Waals surface area contributed by atoms with E-state index in [1.165, 1.54) is 12.8 Å². The molecule has 1 aliphatic heterocycles. The molecule has 8 heteroatoms. The highest BCUT2D eigenvalue weighted by Crippen LogP contribution is 2.31. The van der Waals surface area contributed by atoms with Gasteiger partial charge in [-0.15, -0.1) is 0 Å². The van der Waals surface area contributed by atoms with Crippen LogP contribution in [0.4, 0.5) is 0 Å². The molecule has 130 valence electrons. The number of aliphatic hydroxyl groups is 1. The third kappa shape index (κ3) is 3.45. The van der Waals surface area contributed by atoms with Gasteiger partial charge in [0.05, 0.1) is 18.3 Å². The van der Waals surface area contributed by atoms with Crippen molar-refractivity contribution < 1.29 is 13.5 Å². The zero-order chi connectivity index (χ0) is 16.4. The Morgan fingerprint density at radius 3 is 2.48 bits per heavy atom. The van der Waals surface area contributed by atoms with Crippen molar-refractivity contribution in [3.63, 3.8) is 0 Å². The molecule has 0 amide bonds. The maximum atomic E-state index is 12.9. The number of aliphatic hydroxyl groups excluding tert-OH is 1. The summed E-state index contributed by atoms with van der Waals surface area (Å²) in [5.41, 5.74) is 0.592. The lowest BCUT2D eigenvalue weighted by atomic mass is 10.3. The van der Waals surface area contributed by atoms with Gasteiger partial charge in [0.25, 0.3) is 0 Å². The van der Waals surface area contributed by atoms with Gasteiger partial charge in [-0.25, -0.2) is 8.42 Å². The van der Waals surface area contributed by atoms with Crippen LogP contribution in [0.2, 0.25) is 0 Å². The lowest BCUT2D eigenvalue weighted by molar-refractivity contribution is 0.151. The summed E-state index contributed by atoms with van der Waals surface area (Å²) in [5, 5.41) is 13.4. The standard InChI is InChI=1S/C15H26N4O3S/c1-13-15(12-19(16-13)14-4-2-3-5-14)23(21,22)18-8-6-17(7-9-18)10-11-20/h12,14,20H,2-11H2,1H3. The summed E-state index contributed by atoms with van der Waals surface area (Å²) >= 11 is 0. The van der Waals surface area contributed by atoms with Gasteiger partial charge in [-0.3, -0.25) is 9.58 Å². The molecule has 0 unspecified atom stereocenters. The third-order valence-electron chi connectivity index (χ3n) is 4.94. The quantitative estimate of drug-likeness (QED) is 0.848. The van der Waals surface area contributed by atoms with E-state index < -0.39 is 10.0 Å². The molecule has 0 spiro atoms. The Balaban J connectivity index is 1.75. The maximum absolute atomic E-state index is 12.9. The van der Waals surface area contributed by atoms with Gasteiger partial charge in [0, 0.05) is 38.9 Å². The van der Waals surface area contributed by atoms with E-state index in [1.807, 2.05) is 4.68 Å². The number of nitrogens with zero attached hydrogens (tertiary/aromatic N) is 4. The second-order valence-electron chi connectivity index (χ2n) is 6.47. The van der Waals surface area contributed by atoms with Crippen LogP contribution in [0.3, 0.4) is 0 Å². The molecule has 2 aliphatic rings. The minimum atomic E-state index is -3.48. The Kier molecular flexibility index (Phi) is 5.05. The minimum Gasteiger partial charge on any atom is -0.395 e. The molecule has 1 saturated carbocycles. The van der Waals surface area contributed by atoms with E-state index in [0.717, 1.165) is 12.8 Å². The summed E-state index contributed by atoms with van der Waals surface area (Å²) in [7, 11) is -3.48. The normalized spacial score (nSPS) is 22.0. The van der Waals surface area contributed by atoms with Crippen molar-refractivity contribution in [2.75, 3.05) is 39.3 Å². The van der Waals surface area contributed by atoms with Crippen molar-refractivity contribution in [2.24, 2.45) is 0 Å². The van der Waals surface area contributed by atoms with E-state index in [4.69, 9.17) is 5.11 Å². The molecule has 2 fully saturated rings. The van der Waals surface area contributed by atoms with Crippen molar-refractivity contribution in [3.05, 3.63) is 11.9 Å². The molecule has 7 nitrogen and oxygen atoms in total. The Morgan fingerprint density at radius 1 is 1.22 bits per heavy atom. The van der Waals surface area contributed by atoms with Gasteiger partial charge in [-0.05, 0) is 19.8 Å². The number of piperazine rings is 1. The average molecular weight is 342 g/mol. The van der Waals surface area contributed by atoms with Crippen LogP contribution in [-0.2, 0) is 10.0 Å². The molecule has 0 bridgehead atoms. The van der Waals surface area contributed by atoms with Gasteiger partial charge < -0.3 is 5.11 Å². The summed E-state index contributed by atoms with van der Waals surface area (Å²) in [6.45, 7) is 4.75. The van der Waals surface area contributed by atoms with E-state index in [2.05, 4.69) is 10.00 Å². The van der Waals surface area contributed by atoms with Crippen LogP contribution < -0.4 is 0 Å². The van der Waals surface area contributed by atoms with Crippen LogP contribution >= 0.6 is 0 Å². The minimum absolute atomic E-state index is 0.111. The highest BCUT2D eigenvalue weighted by Gasteiger charge is 2.32. The molecule has 1 aromatic heterocycles. The number of aryl methyl sites for hydroxylation is 1. The highest BCUT2D eigenvalue weighted by atomic mass is 32.2. The zero-order valence-electron chi connectivity index (χ0n) is 13.7. The van der Waals surface area contributed by atoms with Crippen LogP contribution in [-0.4, -0.2) is 71.8 Å². The van der Waals surface area contributed by atoms with Crippen molar-refractivity contribution in [2.45, 2.75) is 43.5 Å². The van der Waals surface area contributed by atoms with Crippen LogP contribution in [0.1, 0.15) is 37.4 Å². The molecule has 0 atom stereocenters. The second-order valence-corrected chi connectivity index (χ2v) is 8.37. The molecule has 0 radical (unpaired) electrons. The lowest BCUT2D eigenvalue weighted by Gasteiger charge is -2.33. The van der Waals surface area contributed by atoms with Crippen molar-refractivity contribution in [1.82, 2.24) is 19.0 Å². The van der Waals surface area contributed by atoms with Crippen LogP contribution in [0.15, 0.2) is 11.1 Å². The Morgan fingerprint density at radius 2 is 1.87 bits per heavy atom. The fourth-order valence-corrected chi connectivity index (χ4v) is 5.13. The number of rotatable bonds is 5. The first-order valence-corrected chi connectivity index (χ1v) is 9.85. The number of β-amino-alcohol motifs (C(OH)–C–C–N with tert-alkyl or cyclic N) is 1. The Bertz CT molecular complexity index is 629. The molecule has 3 rings (SSSR count). The first-order chi connectivity index (χ1) is 11.0. The summed E-state index contributed by atoms with van der Waals surface area (Å²) in [4.78, 5) is 2.43. The van der Waals surface area contributed by atoms with Gasteiger partial charge >= 0.3 is 0 Å². The largest absolute Gasteiger partial charge is 0.395 e. The summed E-state index contributed by atoms with van der Waals surface area (Å²) in [6, 6.07) is 0.346. The molecule has 1 saturated heterocycles. The van der Waals surface area contributed by atoms with Gasteiger partial charge in [-0.1, -0.05) is 12.8 Å². The predicted octanol–water partition coefficient (Wildman–Crippen LogP) is 0.605. The highest BCUT2D eigenvalue weighted by molar-refractivity contribution is 7.89. The van der Waals surface area contributed by atoms with Crippen LogP contribution in [0.5, 0.6) is 0 Å². The first-order valence-electron chi connectivity index (χ1n) is 8.41. The summed E-state index contributed by atoms with van der Waals surface area (Å²) in [5.74, 6) is 0. The van der Waals surface area contributed by atoms with Crippen molar-refractivity contribution >= 4 is 10.0 Å². The van der Waals surface area contributed by atoms with Gasteiger partial charge in [0.2, 0.25) is 10.0 Å². The van der Waals surface area contributed by atoms with Crippen LogP contribution in [0.25, 0.3) is 0 Å². The summed E-state index contributed by atoms with van der Waals surface area (Å²) < 4.78 is 29.2. The number of hydrogen-bond acceptors (Lipinski definition) is 5. The molecular weight excluding hydrogens is 316 g/mol. The number of hydrogen-bond donors (Lipinski definition) is 1. The fraction of sp³-hybridized carbons (Fsp3) is 0.800. The SMILES string of the molecule is Cc1nn(C2CCCC2)cc1S(=O)(=O)N1CCN(CCO)CC1. The van der Waals surface area contributed by atoms with Gasteiger partial charge in [0.1, 0.15) is 4.90 Å². The predicted molar refractivity (Wildman–Crippen MR) is 86.8 cm³/mol. The van der Waals surface area contributed by atoms with Crippen molar-refractivity contribution in [3.8, 4) is 0 Å². The Labute approximate surface area is 137 Å².